The van der Waals surface area contributed by atoms with E-state index >= 15 is 0 Å². The van der Waals surface area contributed by atoms with Crippen molar-refractivity contribution in [1.82, 2.24) is 0 Å². The van der Waals surface area contributed by atoms with Gasteiger partial charge in [-0.25, -0.2) is 0 Å². The lowest BCUT2D eigenvalue weighted by atomic mass is 10.1. The second-order valence-electron chi connectivity index (χ2n) is 4.22. The average Bonchev–Trinajstić information content (AvgIpc) is 2.39. The van der Waals surface area contributed by atoms with Gasteiger partial charge in [-0.3, -0.25) is 4.79 Å². The third-order valence-electron chi connectivity index (χ3n) is 2.57. The van der Waals surface area contributed by atoms with Gasteiger partial charge in [0.2, 0.25) is 0 Å². The fourth-order valence-electron chi connectivity index (χ4n) is 1.57. The Hall–Kier alpha value is -0.840. The van der Waals surface area contributed by atoms with Gasteiger partial charge in [-0.2, -0.15) is 11.8 Å². The highest BCUT2D eigenvalue weighted by atomic mass is 32.2. The van der Waals surface area contributed by atoms with Crippen molar-refractivity contribution in [2.75, 3.05) is 18.1 Å². The van der Waals surface area contributed by atoms with Gasteiger partial charge in [-0.05, 0) is 12.0 Å². The molecule has 1 atom stereocenters. The smallest absolute Gasteiger partial charge is 0.172 e. The predicted molar refractivity (Wildman–Crippen MR) is 75.2 cm³/mol. The van der Waals surface area contributed by atoms with Gasteiger partial charge in [-0.1, -0.05) is 37.6 Å². The van der Waals surface area contributed by atoms with Gasteiger partial charge in [-0.15, -0.1) is 0 Å². The maximum atomic E-state index is 11.8. The molecule has 1 aromatic carbocycles. The van der Waals surface area contributed by atoms with Gasteiger partial charge in [0.05, 0.1) is 18.5 Å². The maximum absolute atomic E-state index is 11.8. The van der Waals surface area contributed by atoms with E-state index in [4.69, 9.17) is 10.2 Å². The zero-order valence-electron chi connectivity index (χ0n) is 10.6. The molecule has 2 N–H and O–H groups in total. The summed E-state index contributed by atoms with van der Waals surface area (Å²) in [4.78, 5) is 11.8. The first-order valence-electron chi connectivity index (χ1n) is 6.16. The third kappa shape index (κ3) is 5.21. The SMILES string of the molecule is CCCc1ccc(C(=O)CSCC(O)CO)cc1. The number of aliphatic hydroxyl groups is 2. The normalized spacial score (nSPS) is 12.4. The van der Waals surface area contributed by atoms with E-state index in [0.717, 1.165) is 12.8 Å². The van der Waals surface area contributed by atoms with E-state index in [-0.39, 0.29) is 12.4 Å². The Morgan fingerprint density at radius 3 is 2.56 bits per heavy atom. The highest BCUT2D eigenvalue weighted by Crippen LogP contribution is 2.11. The molecule has 0 aromatic heterocycles. The molecule has 1 unspecified atom stereocenters. The van der Waals surface area contributed by atoms with Crippen LogP contribution in [0.25, 0.3) is 0 Å². The summed E-state index contributed by atoms with van der Waals surface area (Å²) in [5.74, 6) is 0.786. The molecule has 3 nitrogen and oxygen atoms in total. The minimum atomic E-state index is -0.741. The summed E-state index contributed by atoms with van der Waals surface area (Å²) in [6, 6.07) is 7.70. The number of aryl methyl sites for hydroxylation is 1. The van der Waals surface area contributed by atoms with Crippen LogP contribution in [0.2, 0.25) is 0 Å². The number of ketones is 1. The first kappa shape index (κ1) is 15.2. The largest absolute Gasteiger partial charge is 0.394 e. The molecule has 1 aromatic rings. The molecule has 0 saturated carbocycles. The molecule has 0 aliphatic heterocycles. The van der Waals surface area contributed by atoms with Crippen LogP contribution < -0.4 is 0 Å². The summed E-state index contributed by atoms with van der Waals surface area (Å²) in [6.45, 7) is 1.87. The van der Waals surface area contributed by atoms with Crippen molar-refractivity contribution in [3.63, 3.8) is 0 Å². The Kier molecular flexibility index (Phi) is 7.01. The summed E-state index contributed by atoms with van der Waals surface area (Å²) in [6.07, 6.45) is 1.39. The van der Waals surface area contributed by atoms with Crippen molar-refractivity contribution in [3.05, 3.63) is 35.4 Å². The molecule has 0 aliphatic rings. The summed E-state index contributed by atoms with van der Waals surface area (Å²) in [5.41, 5.74) is 1.96. The standard InChI is InChI=1S/C14H20O3S/c1-2-3-11-4-6-12(7-5-11)14(17)10-18-9-13(16)8-15/h4-7,13,15-16H,2-3,8-10H2,1H3. The second-order valence-corrected chi connectivity index (χ2v) is 5.25. The lowest BCUT2D eigenvalue weighted by Crippen LogP contribution is -2.16. The minimum Gasteiger partial charge on any atom is -0.394 e. The summed E-state index contributed by atoms with van der Waals surface area (Å²) in [5, 5.41) is 17.8. The fourth-order valence-corrected chi connectivity index (χ4v) is 2.42. The molecular formula is C14H20O3S. The van der Waals surface area contributed by atoms with Gasteiger partial charge in [0.15, 0.2) is 5.78 Å². The molecule has 0 bridgehead atoms. The molecule has 0 amide bonds. The number of thioether (sulfide) groups is 1. The van der Waals surface area contributed by atoms with Crippen LogP contribution in [-0.2, 0) is 6.42 Å². The summed E-state index contributed by atoms with van der Waals surface area (Å²) in [7, 11) is 0. The predicted octanol–water partition coefficient (Wildman–Crippen LogP) is 1.91. The van der Waals surface area contributed by atoms with Crippen molar-refractivity contribution >= 4 is 17.5 Å². The molecule has 0 spiro atoms. The van der Waals surface area contributed by atoms with Crippen molar-refractivity contribution < 1.29 is 15.0 Å². The zero-order valence-corrected chi connectivity index (χ0v) is 11.4. The van der Waals surface area contributed by atoms with Crippen molar-refractivity contribution in [2.24, 2.45) is 0 Å². The van der Waals surface area contributed by atoms with Gasteiger partial charge < -0.3 is 10.2 Å². The monoisotopic (exact) mass is 268 g/mol. The van der Waals surface area contributed by atoms with E-state index in [1.165, 1.54) is 17.3 Å². The number of aliphatic hydroxyl groups excluding tert-OH is 2. The Morgan fingerprint density at radius 2 is 2.00 bits per heavy atom. The van der Waals surface area contributed by atoms with Gasteiger partial charge >= 0.3 is 0 Å². The van der Waals surface area contributed by atoms with Gasteiger partial charge in [0.1, 0.15) is 0 Å². The minimum absolute atomic E-state index is 0.0631. The van der Waals surface area contributed by atoms with Crippen LogP contribution in [0.15, 0.2) is 24.3 Å². The third-order valence-corrected chi connectivity index (χ3v) is 3.66. The van der Waals surface area contributed by atoms with Crippen LogP contribution in [0.3, 0.4) is 0 Å². The van der Waals surface area contributed by atoms with E-state index in [2.05, 4.69) is 6.92 Å². The molecule has 0 heterocycles. The van der Waals surface area contributed by atoms with E-state index in [0.29, 0.717) is 17.1 Å². The molecule has 4 heteroatoms. The van der Waals surface area contributed by atoms with Crippen molar-refractivity contribution in [3.8, 4) is 0 Å². The summed E-state index contributed by atoms with van der Waals surface area (Å²) < 4.78 is 0. The number of carbonyl (C=O) groups is 1. The molecule has 0 saturated heterocycles. The molecule has 1 rings (SSSR count). The van der Waals surface area contributed by atoms with Gasteiger partial charge in [0.25, 0.3) is 0 Å². The van der Waals surface area contributed by atoms with E-state index in [1.54, 1.807) is 0 Å². The van der Waals surface area contributed by atoms with Crippen molar-refractivity contribution in [1.29, 1.82) is 0 Å². The first-order valence-corrected chi connectivity index (χ1v) is 7.31. The van der Waals surface area contributed by atoms with E-state index in [1.807, 2.05) is 24.3 Å². The highest BCUT2D eigenvalue weighted by molar-refractivity contribution is 8.00. The zero-order chi connectivity index (χ0) is 13.4. The molecule has 18 heavy (non-hydrogen) atoms. The second kappa shape index (κ2) is 8.29. The van der Waals surface area contributed by atoms with Crippen LogP contribution in [-0.4, -0.2) is 40.2 Å². The molecule has 0 fully saturated rings. The Balaban J connectivity index is 2.41. The van der Waals surface area contributed by atoms with Crippen molar-refractivity contribution in [2.45, 2.75) is 25.9 Å². The van der Waals surface area contributed by atoms with E-state index < -0.39 is 6.10 Å². The molecule has 100 valence electrons. The Labute approximate surface area is 112 Å². The lowest BCUT2D eigenvalue weighted by molar-refractivity contribution is 0.102. The first-order chi connectivity index (χ1) is 8.67. The number of Topliss-reactive ketones (excluding diaryl/α,β-unsaturated/α-hetero) is 1. The number of carbonyl (C=O) groups excluding carboxylic acids is 1. The average molecular weight is 268 g/mol. The molecule has 0 radical (unpaired) electrons. The topological polar surface area (TPSA) is 57.5 Å². The fraction of sp³-hybridized carbons (Fsp3) is 0.500. The van der Waals surface area contributed by atoms with Crippen LogP contribution in [0, 0.1) is 0 Å². The molecular weight excluding hydrogens is 248 g/mol. The van der Waals surface area contributed by atoms with Gasteiger partial charge in [0, 0.05) is 11.3 Å². The van der Waals surface area contributed by atoms with E-state index in [9.17, 15) is 4.79 Å². The molecule has 0 aliphatic carbocycles. The number of rotatable bonds is 8. The highest BCUT2D eigenvalue weighted by Gasteiger charge is 2.08. The van der Waals surface area contributed by atoms with Crippen LogP contribution >= 0.6 is 11.8 Å². The Morgan fingerprint density at radius 1 is 1.33 bits per heavy atom. The number of benzene rings is 1. The van der Waals surface area contributed by atoms with Crippen LogP contribution in [0.4, 0.5) is 0 Å². The van der Waals surface area contributed by atoms with Crippen LogP contribution in [0.5, 0.6) is 0 Å². The lowest BCUT2D eigenvalue weighted by Gasteiger charge is -2.06. The quantitative estimate of drug-likeness (QED) is 0.707. The summed E-state index contributed by atoms with van der Waals surface area (Å²) >= 11 is 1.34. The number of hydrogen-bond acceptors (Lipinski definition) is 4. The number of hydrogen-bond donors (Lipinski definition) is 2. The maximum Gasteiger partial charge on any atom is 0.172 e. The van der Waals surface area contributed by atoms with Crippen LogP contribution in [0.1, 0.15) is 29.3 Å². The Bertz CT molecular complexity index is 362.